The van der Waals surface area contributed by atoms with E-state index in [2.05, 4.69) is 29.7 Å². The first kappa shape index (κ1) is 16.5. The van der Waals surface area contributed by atoms with E-state index in [9.17, 15) is 0 Å². The molecule has 0 saturated carbocycles. The molecule has 0 unspecified atom stereocenters. The number of unbranched alkanes of at least 4 members (excludes halogenated alkanes) is 6. The fourth-order valence-electron chi connectivity index (χ4n) is 2.97. The number of para-hydroxylation sites is 2. The van der Waals surface area contributed by atoms with Gasteiger partial charge >= 0.3 is 0 Å². The summed E-state index contributed by atoms with van der Waals surface area (Å²) in [7, 11) is 0. The van der Waals surface area contributed by atoms with Crippen LogP contribution in [0.5, 0.6) is 0 Å². The molecule has 1 aromatic carbocycles. The third kappa shape index (κ3) is 4.59. The number of hydrogen-bond acceptors (Lipinski definition) is 2. The lowest BCUT2D eigenvalue weighted by Gasteiger charge is -2.07. The highest BCUT2D eigenvalue weighted by molar-refractivity contribution is 5.75. The van der Waals surface area contributed by atoms with E-state index < -0.39 is 0 Å². The van der Waals surface area contributed by atoms with Crippen molar-refractivity contribution in [3.8, 4) is 6.07 Å². The van der Waals surface area contributed by atoms with Crippen molar-refractivity contribution in [3.05, 3.63) is 30.1 Å². The van der Waals surface area contributed by atoms with E-state index >= 15 is 0 Å². The van der Waals surface area contributed by atoms with Crippen molar-refractivity contribution in [1.29, 1.82) is 5.26 Å². The Kier molecular flexibility index (Phi) is 6.96. The first-order valence-electron chi connectivity index (χ1n) is 8.68. The fourth-order valence-corrected chi connectivity index (χ4v) is 2.97. The summed E-state index contributed by atoms with van der Waals surface area (Å²) in [4.78, 5) is 4.77. The molecule has 118 valence electrons. The molecular weight excluding hydrogens is 270 g/mol. The number of aromatic nitrogens is 2. The van der Waals surface area contributed by atoms with Crippen LogP contribution in [0, 0.1) is 11.3 Å². The first-order chi connectivity index (χ1) is 10.9. The number of fused-ring (bicyclic) bond motifs is 1. The second kappa shape index (κ2) is 9.25. The van der Waals surface area contributed by atoms with Crippen LogP contribution in [0.25, 0.3) is 11.0 Å². The van der Waals surface area contributed by atoms with Gasteiger partial charge in [-0.3, -0.25) is 0 Å². The lowest BCUT2D eigenvalue weighted by Crippen LogP contribution is -2.04. The zero-order chi connectivity index (χ0) is 15.6. The van der Waals surface area contributed by atoms with Crippen LogP contribution in [-0.2, 0) is 13.0 Å². The molecule has 1 aromatic heterocycles. The Bertz CT molecular complexity index is 607. The van der Waals surface area contributed by atoms with Gasteiger partial charge in [-0.1, -0.05) is 57.6 Å². The Hall–Kier alpha value is -1.82. The van der Waals surface area contributed by atoms with Crippen molar-refractivity contribution in [2.45, 2.75) is 71.3 Å². The molecule has 0 aliphatic rings. The molecule has 3 nitrogen and oxygen atoms in total. The molecule has 0 fully saturated rings. The van der Waals surface area contributed by atoms with Gasteiger partial charge in [-0.25, -0.2) is 4.98 Å². The van der Waals surface area contributed by atoms with E-state index in [0.717, 1.165) is 29.8 Å². The number of hydrogen-bond donors (Lipinski definition) is 0. The Morgan fingerprint density at radius 1 is 1.05 bits per heavy atom. The van der Waals surface area contributed by atoms with E-state index in [0.29, 0.717) is 6.42 Å². The topological polar surface area (TPSA) is 41.6 Å². The van der Waals surface area contributed by atoms with E-state index in [1.165, 1.54) is 44.9 Å². The Balaban J connectivity index is 1.91. The maximum atomic E-state index is 8.86. The van der Waals surface area contributed by atoms with Crippen LogP contribution >= 0.6 is 0 Å². The third-order valence-corrected chi connectivity index (χ3v) is 4.18. The minimum absolute atomic E-state index is 0.546. The lowest BCUT2D eigenvalue weighted by atomic mass is 10.1. The van der Waals surface area contributed by atoms with Gasteiger partial charge in [-0.05, 0) is 18.6 Å². The molecule has 0 N–H and O–H groups in total. The molecule has 1 heterocycles. The predicted octanol–water partition coefficient (Wildman–Crippen LogP) is 5.24. The molecule has 0 atom stereocenters. The molecule has 0 spiro atoms. The SMILES string of the molecule is CCCCCCCCCc1nc2ccccc2n1CCC#N. The van der Waals surface area contributed by atoms with Crippen LogP contribution < -0.4 is 0 Å². The minimum Gasteiger partial charge on any atom is -0.327 e. The molecule has 0 bridgehead atoms. The van der Waals surface area contributed by atoms with Crippen molar-refractivity contribution in [3.63, 3.8) is 0 Å². The van der Waals surface area contributed by atoms with Gasteiger partial charge in [0.1, 0.15) is 5.82 Å². The Labute approximate surface area is 134 Å². The molecule has 0 amide bonds. The van der Waals surface area contributed by atoms with Crippen LogP contribution in [-0.4, -0.2) is 9.55 Å². The highest BCUT2D eigenvalue weighted by Gasteiger charge is 2.09. The van der Waals surface area contributed by atoms with Crippen molar-refractivity contribution in [1.82, 2.24) is 9.55 Å². The summed E-state index contributed by atoms with van der Waals surface area (Å²) in [6.45, 7) is 3.01. The van der Waals surface area contributed by atoms with Gasteiger partial charge in [0.2, 0.25) is 0 Å². The normalized spacial score (nSPS) is 10.9. The van der Waals surface area contributed by atoms with E-state index in [1.54, 1.807) is 0 Å². The summed E-state index contributed by atoms with van der Waals surface area (Å²) >= 11 is 0. The molecular formula is C19H27N3. The van der Waals surface area contributed by atoms with Crippen molar-refractivity contribution >= 4 is 11.0 Å². The maximum absolute atomic E-state index is 8.86. The zero-order valence-electron chi connectivity index (χ0n) is 13.7. The standard InChI is InChI=1S/C19H27N3/c1-2-3-4-5-6-7-8-14-19-21-17-12-9-10-13-18(17)22(19)16-11-15-20/h9-10,12-13H,2-8,11,14,16H2,1H3. The van der Waals surface area contributed by atoms with Crippen LogP contribution in [0.2, 0.25) is 0 Å². The van der Waals surface area contributed by atoms with Crippen LogP contribution in [0.4, 0.5) is 0 Å². The summed E-state index contributed by atoms with van der Waals surface area (Å²) < 4.78 is 2.23. The van der Waals surface area contributed by atoms with Gasteiger partial charge in [0, 0.05) is 13.0 Å². The minimum atomic E-state index is 0.546. The van der Waals surface area contributed by atoms with Crippen LogP contribution in [0.3, 0.4) is 0 Å². The summed E-state index contributed by atoms with van der Waals surface area (Å²) in [5.74, 6) is 1.14. The summed E-state index contributed by atoms with van der Waals surface area (Å²) in [6, 6.07) is 10.5. The van der Waals surface area contributed by atoms with Gasteiger partial charge < -0.3 is 4.57 Å². The van der Waals surface area contributed by atoms with E-state index in [1.807, 2.05) is 12.1 Å². The highest BCUT2D eigenvalue weighted by atomic mass is 15.1. The number of rotatable bonds is 10. The maximum Gasteiger partial charge on any atom is 0.109 e. The lowest BCUT2D eigenvalue weighted by molar-refractivity contribution is 0.575. The number of benzene rings is 1. The molecule has 2 aromatic rings. The molecule has 2 rings (SSSR count). The first-order valence-corrected chi connectivity index (χ1v) is 8.68. The fraction of sp³-hybridized carbons (Fsp3) is 0.579. The van der Waals surface area contributed by atoms with Crippen LogP contribution in [0.15, 0.2) is 24.3 Å². The summed E-state index contributed by atoms with van der Waals surface area (Å²) in [6.07, 6.45) is 10.8. The summed E-state index contributed by atoms with van der Waals surface area (Å²) in [5, 5.41) is 8.86. The second-order valence-electron chi connectivity index (χ2n) is 5.95. The van der Waals surface area contributed by atoms with Gasteiger partial charge in [0.05, 0.1) is 23.5 Å². The average Bonchev–Trinajstić information content (AvgIpc) is 2.89. The predicted molar refractivity (Wildman–Crippen MR) is 91.7 cm³/mol. The molecule has 0 saturated heterocycles. The molecule has 0 aliphatic heterocycles. The number of imidazole rings is 1. The average molecular weight is 297 g/mol. The number of nitrogens with zero attached hydrogens (tertiary/aromatic N) is 3. The van der Waals surface area contributed by atoms with Crippen LogP contribution in [0.1, 0.15) is 64.1 Å². The number of aryl methyl sites for hydroxylation is 2. The smallest absolute Gasteiger partial charge is 0.109 e. The molecule has 3 heteroatoms. The molecule has 22 heavy (non-hydrogen) atoms. The third-order valence-electron chi connectivity index (χ3n) is 4.18. The Morgan fingerprint density at radius 3 is 2.55 bits per heavy atom. The quantitative estimate of drug-likeness (QED) is 0.562. The van der Waals surface area contributed by atoms with Gasteiger partial charge in [0.15, 0.2) is 0 Å². The van der Waals surface area contributed by atoms with Gasteiger partial charge in [-0.2, -0.15) is 5.26 Å². The zero-order valence-corrected chi connectivity index (χ0v) is 13.7. The molecule has 0 aliphatic carbocycles. The molecule has 0 radical (unpaired) electrons. The van der Waals surface area contributed by atoms with Crippen molar-refractivity contribution < 1.29 is 0 Å². The number of nitriles is 1. The van der Waals surface area contributed by atoms with E-state index in [4.69, 9.17) is 10.2 Å². The Morgan fingerprint density at radius 2 is 1.77 bits per heavy atom. The van der Waals surface area contributed by atoms with Crippen molar-refractivity contribution in [2.24, 2.45) is 0 Å². The van der Waals surface area contributed by atoms with Gasteiger partial charge in [-0.15, -0.1) is 0 Å². The highest BCUT2D eigenvalue weighted by Crippen LogP contribution is 2.18. The summed E-state index contributed by atoms with van der Waals surface area (Å²) in [5.41, 5.74) is 2.22. The van der Waals surface area contributed by atoms with E-state index in [-0.39, 0.29) is 0 Å². The van der Waals surface area contributed by atoms with Crippen molar-refractivity contribution in [2.75, 3.05) is 0 Å². The van der Waals surface area contributed by atoms with Gasteiger partial charge in [0.25, 0.3) is 0 Å². The second-order valence-corrected chi connectivity index (χ2v) is 5.95. The largest absolute Gasteiger partial charge is 0.327 e. The monoisotopic (exact) mass is 297 g/mol.